The van der Waals surface area contributed by atoms with Gasteiger partial charge in [0.1, 0.15) is 11.6 Å². The van der Waals surface area contributed by atoms with Gasteiger partial charge in [-0.3, -0.25) is 0 Å². The van der Waals surface area contributed by atoms with E-state index in [4.69, 9.17) is 0 Å². The lowest BCUT2D eigenvalue weighted by Gasteiger charge is -2.21. The third-order valence-electron chi connectivity index (χ3n) is 3.70. The van der Waals surface area contributed by atoms with Crippen molar-refractivity contribution in [3.63, 3.8) is 0 Å². The van der Waals surface area contributed by atoms with E-state index in [9.17, 15) is 0 Å². The summed E-state index contributed by atoms with van der Waals surface area (Å²) in [6, 6.07) is 8.34. The number of aryl methyl sites for hydroxylation is 3. The molecule has 1 aliphatic heterocycles. The normalized spacial score (nSPS) is 17.5. The standard InChI is InChI=1S/C17H20N4S/c1-11-6-5-7-12(2)16(11)14-10-21(4)17(22-14)20-15-8-9-18-13(3)19-15/h5-10,17H,1-4H3,(H,18,19,20). The monoisotopic (exact) mass is 312 g/mol. The molecule has 2 aromatic rings. The maximum atomic E-state index is 4.42. The van der Waals surface area contributed by atoms with Gasteiger partial charge < -0.3 is 10.2 Å². The SMILES string of the molecule is Cc1nccc(NC2SC(c3c(C)cccc3C)=CN2C)n1. The van der Waals surface area contributed by atoms with Crippen LogP contribution in [0.4, 0.5) is 5.82 Å². The van der Waals surface area contributed by atoms with Gasteiger partial charge in [-0.25, -0.2) is 9.97 Å². The summed E-state index contributed by atoms with van der Waals surface area (Å²) < 4.78 is 0. The Morgan fingerprint density at radius 3 is 2.55 bits per heavy atom. The van der Waals surface area contributed by atoms with Gasteiger partial charge in [0.05, 0.1) is 0 Å². The molecule has 3 rings (SSSR count). The summed E-state index contributed by atoms with van der Waals surface area (Å²) in [4.78, 5) is 12.0. The van der Waals surface area contributed by atoms with Crippen LogP contribution in [0.25, 0.3) is 4.91 Å². The highest BCUT2D eigenvalue weighted by Crippen LogP contribution is 2.41. The quantitative estimate of drug-likeness (QED) is 0.934. The van der Waals surface area contributed by atoms with E-state index in [1.54, 1.807) is 6.20 Å². The van der Waals surface area contributed by atoms with Crippen LogP contribution in [-0.4, -0.2) is 27.4 Å². The van der Waals surface area contributed by atoms with Crippen LogP contribution in [0.3, 0.4) is 0 Å². The first kappa shape index (κ1) is 14.9. The van der Waals surface area contributed by atoms with E-state index in [2.05, 4.69) is 65.5 Å². The number of nitrogens with one attached hydrogen (secondary N) is 1. The van der Waals surface area contributed by atoms with Crippen LogP contribution in [0.1, 0.15) is 22.5 Å². The molecule has 0 fully saturated rings. The Balaban J connectivity index is 1.80. The lowest BCUT2D eigenvalue weighted by Crippen LogP contribution is -2.28. The third kappa shape index (κ3) is 2.95. The summed E-state index contributed by atoms with van der Waals surface area (Å²) in [5, 5.41) is 3.46. The zero-order valence-corrected chi connectivity index (χ0v) is 14.1. The molecule has 5 heteroatoms. The Hall–Kier alpha value is -2.01. The van der Waals surface area contributed by atoms with Crippen LogP contribution >= 0.6 is 11.8 Å². The number of hydrogen-bond donors (Lipinski definition) is 1. The third-order valence-corrected chi connectivity index (χ3v) is 4.94. The molecule has 1 N–H and O–H groups in total. The van der Waals surface area contributed by atoms with Gasteiger partial charge in [0.15, 0.2) is 5.50 Å². The number of thioether (sulfide) groups is 1. The number of hydrogen-bond acceptors (Lipinski definition) is 5. The molecule has 4 nitrogen and oxygen atoms in total. The zero-order valence-electron chi connectivity index (χ0n) is 13.3. The van der Waals surface area contributed by atoms with E-state index in [1.165, 1.54) is 21.6 Å². The molecule has 114 valence electrons. The van der Waals surface area contributed by atoms with Crippen molar-refractivity contribution >= 4 is 22.5 Å². The van der Waals surface area contributed by atoms with Gasteiger partial charge >= 0.3 is 0 Å². The molecule has 22 heavy (non-hydrogen) atoms. The number of anilines is 1. The molecule has 0 aliphatic carbocycles. The predicted octanol–water partition coefficient (Wildman–Crippen LogP) is 3.77. The lowest BCUT2D eigenvalue weighted by atomic mass is 10.0. The minimum Gasteiger partial charge on any atom is -0.351 e. The fraction of sp³-hybridized carbons (Fsp3) is 0.294. The van der Waals surface area contributed by atoms with Crippen LogP contribution in [0.2, 0.25) is 0 Å². The average molecular weight is 312 g/mol. The summed E-state index contributed by atoms with van der Waals surface area (Å²) in [5.41, 5.74) is 4.10. The molecule has 0 radical (unpaired) electrons. The van der Waals surface area contributed by atoms with Gasteiger partial charge in [0.25, 0.3) is 0 Å². The fourth-order valence-electron chi connectivity index (χ4n) is 2.61. The van der Waals surface area contributed by atoms with Crippen LogP contribution in [0.5, 0.6) is 0 Å². The minimum atomic E-state index is 0.142. The molecular formula is C17H20N4S. The molecule has 0 saturated carbocycles. The average Bonchev–Trinajstić information content (AvgIpc) is 2.79. The second-order valence-corrected chi connectivity index (χ2v) is 6.65. The van der Waals surface area contributed by atoms with E-state index in [0.29, 0.717) is 0 Å². The van der Waals surface area contributed by atoms with Crippen molar-refractivity contribution in [2.75, 3.05) is 12.4 Å². The predicted molar refractivity (Wildman–Crippen MR) is 93.4 cm³/mol. The fourth-order valence-corrected chi connectivity index (χ4v) is 3.92. The molecule has 0 spiro atoms. The topological polar surface area (TPSA) is 41.1 Å². The Kier molecular flexibility index (Phi) is 4.07. The molecule has 2 heterocycles. The largest absolute Gasteiger partial charge is 0.351 e. The maximum absolute atomic E-state index is 4.42. The summed E-state index contributed by atoms with van der Waals surface area (Å²) in [5.74, 6) is 1.63. The molecule has 1 aromatic carbocycles. The molecule has 0 saturated heterocycles. The van der Waals surface area contributed by atoms with Crippen LogP contribution in [0.15, 0.2) is 36.7 Å². The van der Waals surface area contributed by atoms with Crippen molar-refractivity contribution in [1.82, 2.24) is 14.9 Å². The van der Waals surface area contributed by atoms with E-state index in [-0.39, 0.29) is 5.50 Å². The van der Waals surface area contributed by atoms with Crippen LogP contribution < -0.4 is 5.32 Å². The van der Waals surface area contributed by atoms with Gasteiger partial charge in [-0.2, -0.15) is 0 Å². The number of aromatic nitrogens is 2. The van der Waals surface area contributed by atoms with Crippen LogP contribution in [-0.2, 0) is 0 Å². The zero-order chi connectivity index (χ0) is 15.7. The first-order valence-corrected chi connectivity index (χ1v) is 8.16. The first-order valence-electron chi connectivity index (χ1n) is 7.28. The Labute approximate surface area is 135 Å². The van der Waals surface area contributed by atoms with Crippen molar-refractivity contribution in [2.24, 2.45) is 0 Å². The highest BCUT2D eigenvalue weighted by molar-refractivity contribution is 8.09. The molecule has 1 aromatic heterocycles. The van der Waals surface area contributed by atoms with E-state index in [0.717, 1.165) is 11.6 Å². The summed E-state index contributed by atoms with van der Waals surface area (Å²) in [7, 11) is 2.08. The molecule has 0 amide bonds. The van der Waals surface area contributed by atoms with Crippen LogP contribution in [0, 0.1) is 20.8 Å². The number of rotatable bonds is 3. The van der Waals surface area contributed by atoms with Crippen molar-refractivity contribution in [3.8, 4) is 0 Å². The smallest absolute Gasteiger partial charge is 0.153 e. The minimum absolute atomic E-state index is 0.142. The van der Waals surface area contributed by atoms with Crippen molar-refractivity contribution < 1.29 is 0 Å². The highest BCUT2D eigenvalue weighted by atomic mass is 32.2. The second kappa shape index (κ2) is 6.01. The Bertz CT molecular complexity index is 706. The molecule has 1 aliphatic rings. The van der Waals surface area contributed by atoms with Gasteiger partial charge in [-0.05, 0) is 43.5 Å². The van der Waals surface area contributed by atoms with Crippen molar-refractivity contribution in [2.45, 2.75) is 26.3 Å². The summed E-state index contributed by atoms with van der Waals surface area (Å²) >= 11 is 1.82. The maximum Gasteiger partial charge on any atom is 0.153 e. The number of nitrogens with zero attached hydrogens (tertiary/aromatic N) is 3. The molecule has 1 atom stereocenters. The van der Waals surface area contributed by atoms with Crippen molar-refractivity contribution in [3.05, 3.63) is 59.2 Å². The Morgan fingerprint density at radius 1 is 1.14 bits per heavy atom. The summed E-state index contributed by atoms with van der Waals surface area (Å²) in [6.07, 6.45) is 3.98. The molecule has 0 bridgehead atoms. The second-order valence-electron chi connectivity index (χ2n) is 5.53. The summed E-state index contributed by atoms with van der Waals surface area (Å²) in [6.45, 7) is 6.23. The molecular weight excluding hydrogens is 292 g/mol. The van der Waals surface area contributed by atoms with Gasteiger partial charge in [-0.15, -0.1) is 0 Å². The Morgan fingerprint density at radius 2 is 1.86 bits per heavy atom. The van der Waals surface area contributed by atoms with E-state index < -0.39 is 0 Å². The number of benzene rings is 1. The van der Waals surface area contributed by atoms with E-state index in [1.807, 2.05) is 24.8 Å². The molecule has 1 unspecified atom stereocenters. The van der Waals surface area contributed by atoms with Crippen molar-refractivity contribution in [1.29, 1.82) is 0 Å². The van der Waals surface area contributed by atoms with Gasteiger partial charge in [0.2, 0.25) is 0 Å². The van der Waals surface area contributed by atoms with Gasteiger partial charge in [-0.1, -0.05) is 30.0 Å². The van der Waals surface area contributed by atoms with E-state index >= 15 is 0 Å². The lowest BCUT2D eigenvalue weighted by molar-refractivity contribution is 0.467. The highest BCUT2D eigenvalue weighted by Gasteiger charge is 2.25. The first-order chi connectivity index (χ1) is 10.5. The van der Waals surface area contributed by atoms with Gasteiger partial charge in [0, 0.05) is 24.3 Å².